The zero-order valence-corrected chi connectivity index (χ0v) is 17.8. The van der Waals surface area contributed by atoms with Crippen molar-refractivity contribution in [2.24, 2.45) is 4.99 Å². The smallest absolute Gasteiger partial charge is 0.191 e. The first-order chi connectivity index (χ1) is 13.6. The Bertz CT molecular complexity index is 785. The molecule has 3 rings (SSSR count). The van der Waals surface area contributed by atoms with Gasteiger partial charge in [0.15, 0.2) is 5.96 Å². The second kappa shape index (κ2) is 9.64. The molecular formula is C20H29N5O2S. The number of aryl methyl sites for hydroxylation is 1. The van der Waals surface area contributed by atoms with Crippen LogP contribution in [0, 0.1) is 6.92 Å². The minimum Gasteiger partial charge on any atom is -0.497 e. The van der Waals surface area contributed by atoms with E-state index in [-0.39, 0.29) is 0 Å². The van der Waals surface area contributed by atoms with Crippen LogP contribution in [0.15, 0.2) is 29.4 Å². The predicted molar refractivity (Wildman–Crippen MR) is 115 cm³/mol. The van der Waals surface area contributed by atoms with Crippen LogP contribution in [0.1, 0.15) is 23.2 Å². The van der Waals surface area contributed by atoms with Crippen molar-refractivity contribution in [3.05, 3.63) is 34.3 Å². The second-order valence-corrected chi connectivity index (χ2v) is 8.01. The lowest BCUT2D eigenvalue weighted by molar-refractivity contribution is 0.394. The molecule has 2 N–H and O–H groups in total. The third kappa shape index (κ3) is 5.28. The highest BCUT2D eigenvalue weighted by molar-refractivity contribution is 7.11. The van der Waals surface area contributed by atoms with Crippen LogP contribution in [0.25, 0.3) is 0 Å². The fourth-order valence-corrected chi connectivity index (χ4v) is 3.96. The third-order valence-corrected chi connectivity index (χ3v) is 5.53. The molecule has 2 aromatic rings. The molecule has 28 heavy (non-hydrogen) atoms. The minimum absolute atomic E-state index is 0.332. The van der Waals surface area contributed by atoms with E-state index in [0.29, 0.717) is 12.6 Å². The number of aromatic nitrogens is 1. The third-order valence-electron chi connectivity index (χ3n) is 4.64. The number of benzene rings is 1. The number of hydrogen-bond acceptors (Lipinski definition) is 6. The average Bonchev–Trinajstić information content (AvgIpc) is 3.34. The highest BCUT2D eigenvalue weighted by Gasteiger charge is 2.24. The number of methoxy groups -OCH3 is 2. The van der Waals surface area contributed by atoms with Crippen LogP contribution in [0.2, 0.25) is 0 Å². The summed E-state index contributed by atoms with van der Waals surface area (Å²) >= 11 is 1.69. The molecule has 0 amide bonds. The topological polar surface area (TPSA) is 71.0 Å². The van der Waals surface area contributed by atoms with Crippen molar-refractivity contribution < 1.29 is 9.47 Å². The molecule has 0 bridgehead atoms. The summed E-state index contributed by atoms with van der Waals surface area (Å²) in [5, 5.41) is 7.98. The lowest BCUT2D eigenvalue weighted by Gasteiger charge is -2.21. The van der Waals surface area contributed by atoms with E-state index >= 15 is 0 Å². The van der Waals surface area contributed by atoms with Crippen LogP contribution in [0.3, 0.4) is 0 Å². The number of nitrogens with one attached hydrogen (secondary N) is 2. The van der Waals surface area contributed by atoms with Gasteiger partial charge in [-0.25, -0.2) is 9.98 Å². The van der Waals surface area contributed by atoms with Gasteiger partial charge in [-0.1, -0.05) is 0 Å². The molecule has 8 heteroatoms. The summed E-state index contributed by atoms with van der Waals surface area (Å²) in [4.78, 5) is 12.5. The summed E-state index contributed by atoms with van der Waals surface area (Å²) in [5.74, 6) is 2.46. The largest absolute Gasteiger partial charge is 0.497 e. The number of ether oxygens (including phenoxy) is 2. The lowest BCUT2D eigenvalue weighted by Crippen LogP contribution is -2.44. The Morgan fingerprint density at radius 3 is 2.64 bits per heavy atom. The maximum absolute atomic E-state index is 5.40. The maximum Gasteiger partial charge on any atom is 0.191 e. The number of hydrogen-bond donors (Lipinski definition) is 2. The molecule has 1 fully saturated rings. The van der Waals surface area contributed by atoms with Gasteiger partial charge in [-0.15, -0.1) is 11.3 Å². The van der Waals surface area contributed by atoms with Gasteiger partial charge in [0.25, 0.3) is 0 Å². The van der Waals surface area contributed by atoms with Crippen molar-refractivity contribution in [1.29, 1.82) is 0 Å². The highest BCUT2D eigenvalue weighted by atomic mass is 32.1. The van der Waals surface area contributed by atoms with E-state index in [1.54, 1.807) is 25.6 Å². The Kier molecular flexibility index (Phi) is 6.97. The van der Waals surface area contributed by atoms with E-state index in [9.17, 15) is 0 Å². The number of rotatable bonds is 7. The number of guanidine groups is 1. The molecule has 1 aliphatic heterocycles. The van der Waals surface area contributed by atoms with Crippen LogP contribution >= 0.6 is 11.3 Å². The zero-order valence-electron chi connectivity index (χ0n) is 17.0. The molecular weight excluding hydrogens is 374 g/mol. The van der Waals surface area contributed by atoms with E-state index in [1.807, 2.05) is 19.2 Å². The summed E-state index contributed by atoms with van der Waals surface area (Å²) in [7, 11) is 3.35. The molecule has 0 aliphatic carbocycles. The van der Waals surface area contributed by atoms with Crippen LogP contribution in [-0.2, 0) is 6.54 Å². The lowest BCUT2D eigenvalue weighted by atomic mass is 10.2. The van der Waals surface area contributed by atoms with Crippen molar-refractivity contribution in [1.82, 2.24) is 15.6 Å². The summed E-state index contributed by atoms with van der Waals surface area (Å²) in [6.45, 7) is 7.45. The molecule has 1 unspecified atom stereocenters. The van der Waals surface area contributed by atoms with Crippen molar-refractivity contribution >= 4 is 23.0 Å². The number of anilines is 1. The number of thiazole rings is 1. The number of nitrogens with zero attached hydrogens (tertiary/aromatic N) is 3. The summed E-state index contributed by atoms with van der Waals surface area (Å²) in [6, 6.07) is 6.33. The normalized spacial score (nSPS) is 16.9. The first-order valence-electron chi connectivity index (χ1n) is 9.55. The predicted octanol–water partition coefficient (Wildman–Crippen LogP) is 2.80. The molecule has 1 atom stereocenters. The number of aliphatic imine (C=N–C) groups is 1. The van der Waals surface area contributed by atoms with Crippen LogP contribution in [-0.4, -0.2) is 50.8 Å². The van der Waals surface area contributed by atoms with Crippen LogP contribution in [0.4, 0.5) is 5.69 Å². The summed E-state index contributed by atoms with van der Waals surface area (Å²) < 4.78 is 10.8. The van der Waals surface area contributed by atoms with Crippen molar-refractivity contribution in [2.75, 3.05) is 38.8 Å². The molecule has 7 nitrogen and oxygen atoms in total. The fourth-order valence-electron chi connectivity index (χ4n) is 3.24. The van der Waals surface area contributed by atoms with Gasteiger partial charge in [-0.2, -0.15) is 0 Å². The second-order valence-electron chi connectivity index (χ2n) is 6.69. The molecule has 1 aromatic heterocycles. The quantitative estimate of drug-likeness (QED) is 0.547. The standard InChI is InChI=1S/C20H29N5O2S/c1-5-21-20(23-12-19-11-22-14(2)28-19)24-15-6-7-25(13-15)16-8-17(26-3)10-18(9-16)27-4/h8-11,15H,5-7,12-13H2,1-4H3,(H2,21,23,24). The molecule has 1 saturated heterocycles. The first kappa shape index (κ1) is 20.3. The van der Waals surface area contributed by atoms with E-state index in [4.69, 9.17) is 14.5 Å². The van der Waals surface area contributed by atoms with Crippen LogP contribution in [0.5, 0.6) is 11.5 Å². The van der Waals surface area contributed by atoms with Crippen molar-refractivity contribution in [3.8, 4) is 11.5 Å². The van der Waals surface area contributed by atoms with Gasteiger partial charge in [0.1, 0.15) is 11.5 Å². The zero-order chi connectivity index (χ0) is 19.9. The van der Waals surface area contributed by atoms with Gasteiger partial charge in [-0.05, 0) is 20.3 Å². The molecule has 2 heterocycles. The minimum atomic E-state index is 0.332. The molecule has 0 spiro atoms. The Balaban J connectivity index is 1.63. The van der Waals surface area contributed by atoms with Gasteiger partial charge < -0.3 is 25.0 Å². The van der Waals surface area contributed by atoms with Gasteiger partial charge >= 0.3 is 0 Å². The average molecular weight is 404 g/mol. The molecule has 152 valence electrons. The monoisotopic (exact) mass is 403 g/mol. The highest BCUT2D eigenvalue weighted by Crippen LogP contribution is 2.30. The SMILES string of the molecule is CCNC(=NCc1cnc(C)s1)NC1CCN(c2cc(OC)cc(OC)c2)C1. The van der Waals surface area contributed by atoms with Crippen molar-refractivity contribution in [2.45, 2.75) is 32.9 Å². The van der Waals surface area contributed by atoms with Gasteiger partial charge in [-0.3, -0.25) is 0 Å². The van der Waals surface area contributed by atoms with E-state index < -0.39 is 0 Å². The van der Waals surface area contributed by atoms with Gasteiger partial charge in [0, 0.05) is 60.6 Å². The first-order valence-corrected chi connectivity index (χ1v) is 10.4. The van der Waals surface area contributed by atoms with E-state index in [1.165, 1.54) is 4.88 Å². The molecule has 0 radical (unpaired) electrons. The molecule has 1 aromatic carbocycles. The van der Waals surface area contributed by atoms with E-state index in [2.05, 4.69) is 39.6 Å². The summed E-state index contributed by atoms with van der Waals surface area (Å²) in [6.07, 6.45) is 2.95. The Labute approximate surface area is 170 Å². The molecule has 1 aliphatic rings. The Morgan fingerprint density at radius 2 is 2.04 bits per heavy atom. The Hall–Kier alpha value is -2.48. The van der Waals surface area contributed by atoms with Crippen molar-refractivity contribution in [3.63, 3.8) is 0 Å². The fraction of sp³-hybridized carbons (Fsp3) is 0.500. The van der Waals surface area contributed by atoms with E-state index in [0.717, 1.165) is 54.2 Å². The van der Waals surface area contributed by atoms with Gasteiger partial charge in [0.2, 0.25) is 0 Å². The van der Waals surface area contributed by atoms with Crippen LogP contribution < -0.4 is 25.0 Å². The molecule has 0 saturated carbocycles. The Morgan fingerprint density at radius 1 is 1.29 bits per heavy atom. The maximum atomic E-state index is 5.40. The summed E-state index contributed by atoms with van der Waals surface area (Å²) in [5.41, 5.74) is 1.11. The van der Waals surface area contributed by atoms with Gasteiger partial charge in [0.05, 0.1) is 25.8 Å².